The van der Waals surface area contributed by atoms with Crippen molar-refractivity contribution in [2.75, 3.05) is 17.7 Å². The lowest BCUT2D eigenvalue weighted by Gasteiger charge is -2.20. The van der Waals surface area contributed by atoms with E-state index in [9.17, 15) is 15.2 Å². The zero-order valence-corrected chi connectivity index (χ0v) is 32.2. The number of aliphatic hydroxyl groups is 1. The van der Waals surface area contributed by atoms with Crippen molar-refractivity contribution in [1.29, 1.82) is 5.26 Å². The minimum atomic E-state index is -1.22. The Balaban J connectivity index is 1.39. The normalized spacial score (nSPS) is 13.0. The van der Waals surface area contributed by atoms with Gasteiger partial charge in [-0.1, -0.05) is 39.0 Å². The molecular formula is C41H47N9O4. The van der Waals surface area contributed by atoms with E-state index in [4.69, 9.17) is 30.4 Å². The smallest absolute Gasteiger partial charge is 0.412 e. The minimum Gasteiger partial charge on any atom is -0.444 e. The Morgan fingerprint density at radius 3 is 2.28 bits per heavy atom. The standard InChI is InChI=1S/C41H47N9O4/c1-10-53-39(51)32-20-30(43)33-36(48-49(37(33)45-32)28-13-11-12-23(4)16-28)25(6)17-26-14-15-29(18-24(26)5)50-38-34(35(47-50)22(2)3)31(19-27(21-42)44-38)46-40(52)54-41(7,8)9/h11-16,18-20,22,25,39,51H,10,17H2,1-9H3,(H2,43,45)(H,44,46,52). The molecule has 1 amide bonds. The van der Waals surface area contributed by atoms with Crippen molar-refractivity contribution in [2.45, 2.75) is 92.5 Å². The quantitative estimate of drug-likeness (QED) is 0.117. The summed E-state index contributed by atoms with van der Waals surface area (Å²) in [5.74, 6) is -0.0898. The summed E-state index contributed by atoms with van der Waals surface area (Å²) in [6, 6.07) is 19.4. The molecule has 0 aliphatic carbocycles. The first-order chi connectivity index (χ1) is 25.6. The first-order valence-electron chi connectivity index (χ1n) is 18.1. The highest BCUT2D eigenvalue weighted by Crippen LogP contribution is 2.36. The van der Waals surface area contributed by atoms with Crippen molar-refractivity contribution in [3.8, 4) is 17.4 Å². The molecule has 4 N–H and O–H groups in total. The number of nitrogens with one attached hydrogen (secondary N) is 1. The molecule has 4 aromatic heterocycles. The van der Waals surface area contributed by atoms with E-state index in [1.54, 1.807) is 49.2 Å². The SMILES string of the molecule is CCOC(O)c1cc(N)c2c(C(C)Cc3ccc(-n4nc(C(C)C)c5c(NC(=O)OC(C)(C)C)cc(C#N)nc54)cc3C)nn(-c3cccc(C)c3)c2n1. The molecule has 6 rings (SSSR count). The predicted octanol–water partition coefficient (Wildman–Crippen LogP) is 8.07. The summed E-state index contributed by atoms with van der Waals surface area (Å²) in [5.41, 5.74) is 14.6. The highest BCUT2D eigenvalue weighted by molar-refractivity contribution is 6.00. The van der Waals surface area contributed by atoms with Gasteiger partial charge in [0.05, 0.1) is 39.2 Å². The topological polar surface area (TPSA) is 179 Å². The maximum atomic E-state index is 12.9. The average Bonchev–Trinajstić information content (AvgIpc) is 3.69. The van der Waals surface area contributed by atoms with Gasteiger partial charge in [0.25, 0.3) is 0 Å². The van der Waals surface area contributed by atoms with Crippen LogP contribution in [0.3, 0.4) is 0 Å². The van der Waals surface area contributed by atoms with E-state index in [2.05, 4.69) is 29.4 Å². The van der Waals surface area contributed by atoms with Gasteiger partial charge < -0.3 is 20.3 Å². The molecule has 0 aliphatic rings. The zero-order chi connectivity index (χ0) is 39.1. The number of aromatic nitrogens is 6. The molecule has 2 unspecified atom stereocenters. The van der Waals surface area contributed by atoms with Crippen molar-refractivity contribution < 1.29 is 19.4 Å². The molecule has 280 valence electrons. The number of benzene rings is 2. The average molecular weight is 730 g/mol. The number of amides is 1. The lowest BCUT2D eigenvalue weighted by molar-refractivity contribution is -0.100. The number of hydrogen-bond donors (Lipinski definition) is 3. The number of ether oxygens (including phenoxy) is 2. The molecule has 0 fully saturated rings. The van der Waals surface area contributed by atoms with Gasteiger partial charge in [0.15, 0.2) is 17.6 Å². The fourth-order valence-corrected chi connectivity index (χ4v) is 6.61. The van der Waals surface area contributed by atoms with E-state index >= 15 is 0 Å². The van der Waals surface area contributed by atoms with Gasteiger partial charge in [-0.05, 0) is 107 Å². The highest BCUT2D eigenvalue weighted by atomic mass is 16.6. The van der Waals surface area contributed by atoms with E-state index in [0.29, 0.717) is 46.8 Å². The number of nitrogens with zero attached hydrogens (tertiary/aromatic N) is 7. The summed E-state index contributed by atoms with van der Waals surface area (Å²) >= 11 is 0. The predicted molar refractivity (Wildman–Crippen MR) is 209 cm³/mol. The first-order valence-corrected chi connectivity index (χ1v) is 18.1. The molecule has 6 aromatic rings. The third-order valence-electron chi connectivity index (χ3n) is 9.06. The van der Waals surface area contributed by atoms with Crippen molar-refractivity contribution in [3.63, 3.8) is 0 Å². The minimum absolute atomic E-state index is 0.0150. The molecule has 13 nitrogen and oxygen atoms in total. The number of nitrogen functional groups attached to an aromatic ring is 1. The fourth-order valence-electron chi connectivity index (χ4n) is 6.61. The fraction of sp³-hybridized carbons (Fsp3) is 0.366. The van der Waals surface area contributed by atoms with E-state index in [0.717, 1.165) is 44.8 Å². The second kappa shape index (κ2) is 14.9. The molecule has 54 heavy (non-hydrogen) atoms. The number of aliphatic hydroxyl groups excluding tert-OH is 1. The van der Waals surface area contributed by atoms with E-state index in [1.807, 2.05) is 64.1 Å². The maximum Gasteiger partial charge on any atom is 0.412 e. The number of hydrogen-bond acceptors (Lipinski definition) is 10. The van der Waals surface area contributed by atoms with Crippen LogP contribution in [0.4, 0.5) is 16.2 Å². The molecule has 2 aromatic carbocycles. The molecular weight excluding hydrogens is 683 g/mol. The van der Waals surface area contributed by atoms with Crippen LogP contribution in [0.15, 0.2) is 54.6 Å². The summed E-state index contributed by atoms with van der Waals surface area (Å²) in [5, 5.41) is 34.8. The largest absolute Gasteiger partial charge is 0.444 e. The van der Waals surface area contributed by atoms with Crippen LogP contribution in [0.25, 0.3) is 33.4 Å². The molecule has 0 saturated heterocycles. The van der Waals surface area contributed by atoms with Crippen molar-refractivity contribution in [3.05, 3.63) is 94.1 Å². The summed E-state index contributed by atoms with van der Waals surface area (Å²) in [6.45, 7) is 17.7. The van der Waals surface area contributed by atoms with Crippen LogP contribution in [0.2, 0.25) is 0 Å². The Kier molecular flexibility index (Phi) is 10.4. The van der Waals surface area contributed by atoms with E-state index in [-0.39, 0.29) is 17.5 Å². The van der Waals surface area contributed by atoms with E-state index < -0.39 is 18.0 Å². The second-order valence-corrected chi connectivity index (χ2v) is 14.9. The Bertz CT molecular complexity index is 2420. The molecule has 0 radical (unpaired) electrons. The number of nitrogens with two attached hydrogens (primary N) is 1. The van der Waals surface area contributed by atoms with Crippen LogP contribution in [0, 0.1) is 25.2 Å². The molecule has 4 heterocycles. The molecule has 0 saturated carbocycles. The van der Waals surface area contributed by atoms with Crippen molar-refractivity contribution >= 4 is 39.5 Å². The molecule has 0 bridgehead atoms. The van der Waals surface area contributed by atoms with Gasteiger partial charge in [0.1, 0.15) is 23.1 Å². The third kappa shape index (κ3) is 7.62. The third-order valence-corrected chi connectivity index (χ3v) is 9.06. The summed E-state index contributed by atoms with van der Waals surface area (Å²) in [6.07, 6.45) is -1.21. The van der Waals surface area contributed by atoms with Gasteiger partial charge in [0.2, 0.25) is 0 Å². The molecule has 0 aliphatic heterocycles. The van der Waals surface area contributed by atoms with Gasteiger partial charge >= 0.3 is 6.09 Å². The first kappa shape index (κ1) is 37.9. The number of pyridine rings is 2. The Morgan fingerprint density at radius 2 is 1.65 bits per heavy atom. The van der Waals surface area contributed by atoms with Crippen LogP contribution < -0.4 is 11.1 Å². The van der Waals surface area contributed by atoms with E-state index in [1.165, 1.54) is 0 Å². The molecule has 2 atom stereocenters. The van der Waals surface area contributed by atoms with Crippen LogP contribution in [0.5, 0.6) is 0 Å². The Hall–Kier alpha value is -5.84. The van der Waals surface area contributed by atoms with Gasteiger partial charge in [-0.15, -0.1) is 0 Å². The van der Waals surface area contributed by atoms with Crippen LogP contribution in [-0.4, -0.2) is 52.9 Å². The number of anilines is 2. The summed E-state index contributed by atoms with van der Waals surface area (Å²) < 4.78 is 14.5. The summed E-state index contributed by atoms with van der Waals surface area (Å²) in [7, 11) is 0. The maximum absolute atomic E-state index is 12.9. The highest BCUT2D eigenvalue weighted by Gasteiger charge is 2.26. The Labute approximate surface area is 314 Å². The van der Waals surface area contributed by atoms with Crippen LogP contribution in [0.1, 0.15) is 106 Å². The van der Waals surface area contributed by atoms with Gasteiger partial charge in [0, 0.05) is 18.2 Å². The van der Waals surface area contributed by atoms with Gasteiger partial charge in [-0.25, -0.2) is 24.1 Å². The van der Waals surface area contributed by atoms with Gasteiger partial charge in [-0.3, -0.25) is 5.32 Å². The van der Waals surface area contributed by atoms with Crippen molar-refractivity contribution in [1.82, 2.24) is 29.5 Å². The van der Waals surface area contributed by atoms with Gasteiger partial charge in [-0.2, -0.15) is 15.5 Å². The number of rotatable bonds is 10. The number of carbonyl (C=O) groups excluding carboxylic acids is 1. The number of nitriles is 1. The number of carbonyl (C=O) groups is 1. The monoisotopic (exact) mass is 729 g/mol. The Morgan fingerprint density at radius 1 is 0.963 bits per heavy atom. The molecule has 13 heteroatoms. The lowest BCUT2D eigenvalue weighted by atomic mass is 9.93. The van der Waals surface area contributed by atoms with Crippen LogP contribution >= 0.6 is 0 Å². The lowest BCUT2D eigenvalue weighted by Crippen LogP contribution is -2.27. The second-order valence-electron chi connectivity index (χ2n) is 14.9. The van der Waals surface area contributed by atoms with Crippen molar-refractivity contribution in [2.24, 2.45) is 0 Å². The molecule has 0 spiro atoms. The van der Waals surface area contributed by atoms with Crippen LogP contribution in [-0.2, 0) is 15.9 Å². The number of fused-ring (bicyclic) bond motifs is 2. The zero-order valence-electron chi connectivity index (χ0n) is 32.2. The summed E-state index contributed by atoms with van der Waals surface area (Å²) in [4.78, 5) is 22.3. The number of aryl methyl sites for hydroxylation is 2.